The fourth-order valence-corrected chi connectivity index (χ4v) is 10.1. The Morgan fingerprint density at radius 1 is 0.323 bits per heavy atom. The number of hydrogen-bond donors (Lipinski definition) is 4. The minimum atomic E-state index is -1.13. The van der Waals surface area contributed by atoms with Gasteiger partial charge < -0.3 is 20.6 Å². The van der Waals surface area contributed by atoms with Gasteiger partial charge in [-0.15, -0.1) is 0 Å². The minimum absolute atomic E-state index is 0.136. The Bertz CT molecular complexity index is 883. The van der Waals surface area contributed by atoms with Crippen LogP contribution in [0.15, 0.2) is 0 Å². The molecule has 0 aliphatic rings. The zero-order valence-corrected chi connectivity index (χ0v) is 44.7. The number of carbonyl (C=O) groups is 1. The van der Waals surface area contributed by atoms with Gasteiger partial charge in [0.15, 0.2) is 0 Å². The first kappa shape index (κ1) is 64.3. The first-order valence-electron chi connectivity index (χ1n) is 30.3. The Balaban J connectivity index is 3.40. The van der Waals surface area contributed by atoms with E-state index in [1.54, 1.807) is 0 Å². The molecule has 65 heavy (non-hydrogen) atoms. The highest BCUT2D eigenvalue weighted by atomic mass is 16.3. The normalized spacial score (nSPS) is 13.1. The van der Waals surface area contributed by atoms with Crippen molar-refractivity contribution in [3.63, 3.8) is 0 Å². The van der Waals surface area contributed by atoms with E-state index in [4.69, 9.17) is 0 Å². The van der Waals surface area contributed by atoms with Gasteiger partial charge in [0.1, 0.15) is 6.10 Å². The zero-order valence-electron chi connectivity index (χ0n) is 44.7. The predicted molar refractivity (Wildman–Crippen MR) is 287 cm³/mol. The molecule has 0 aliphatic carbocycles. The van der Waals surface area contributed by atoms with Crippen molar-refractivity contribution in [2.24, 2.45) is 0 Å². The van der Waals surface area contributed by atoms with Crippen LogP contribution < -0.4 is 5.32 Å². The number of carbonyl (C=O) groups excluding carboxylic acids is 1. The molecule has 0 radical (unpaired) electrons. The van der Waals surface area contributed by atoms with Gasteiger partial charge in [-0.3, -0.25) is 4.79 Å². The van der Waals surface area contributed by atoms with Crippen LogP contribution in [0, 0.1) is 0 Å². The van der Waals surface area contributed by atoms with Gasteiger partial charge in [-0.25, -0.2) is 0 Å². The third-order valence-corrected chi connectivity index (χ3v) is 14.7. The van der Waals surface area contributed by atoms with Crippen LogP contribution in [-0.2, 0) is 4.79 Å². The lowest BCUT2D eigenvalue weighted by Gasteiger charge is -2.26. The molecule has 0 saturated carbocycles. The van der Waals surface area contributed by atoms with Gasteiger partial charge in [0, 0.05) is 6.42 Å². The first-order chi connectivity index (χ1) is 32.1. The van der Waals surface area contributed by atoms with E-state index in [2.05, 4.69) is 19.2 Å². The third kappa shape index (κ3) is 51.0. The second kappa shape index (κ2) is 55.9. The summed E-state index contributed by atoms with van der Waals surface area (Å²) in [5, 5.41) is 33.7. The molecule has 0 unspecified atom stereocenters. The zero-order chi connectivity index (χ0) is 47.2. The average molecular weight is 921 g/mol. The summed E-state index contributed by atoms with van der Waals surface area (Å²) in [6.45, 7) is 4.22. The van der Waals surface area contributed by atoms with Gasteiger partial charge in [0.25, 0.3) is 0 Å². The van der Waals surface area contributed by atoms with Gasteiger partial charge in [-0.05, 0) is 12.8 Å². The number of nitrogens with one attached hydrogen (secondary N) is 1. The molecule has 3 atom stereocenters. The topological polar surface area (TPSA) is 89.8 Å². The van der Waals surface area contributed by atoms with E-state index in [9.17, 15) is 20.1 Å². The number of hydrogen-bond acceptors (Lipinski definition) is 4. The number of aliphatic hydroxyl groups is 3. The second-order valence-electron chi connectivity index (χ2n) is 21.3. The molecule has 0 aromatic carbocycles. The lowest BCUT2D eigenvalue weighted by atomic mass is 9.99. The Morgan fingerprint density at radius 3 is 0.738 bits per heavy atom. The van der Waals surface area contributed by atoms with Crippen LogP contribution in [0.3, 0.4) is 0 Å². The van der Waals surface area contributed by atoms with E-state index >= 15 is 0 Å². The number of amides is 1. The Hall–Kier alpha value is -0.650. The highest BCUT2D eigenvalue weighted by Gasteiger charge is 2.26. The monoisotopic (exact) mass is 920 g/mol. The largest absolute Gasteiger partial charge is 0.394 e. The maximum atomic E-state index is 12.5. The molecule has 0 heterocycles. The molecule has 0 bridgehead atoms. The maximum Gasteiger partial charge on any atom is 0.220 e. The molecular weight excluding hydrogens is 799 g/mol. The highest BCUT2D eigenvalue weighted by molar-refractivity contribution is 5.76. The van der Waals surface area contributed by atoms with E-state index in [0.717, 1.165) is 32.1 Å². The summed E-state index contributed by atoms with van der Waals surface area (Å²) in [5.41, 5.74) is 0. The van der Waals surface area contributed by atoms with E-state index < -0.39 is 18.2 Å². The summed E-state index contributed by atoms with van der Waals surface area (Å²) >= 11 is 0. The molecular formula is C60H121NO4. The Labute approximate surface area is 408 Å². The van der Waals surface area contributed by atoms with E-state index in [1.165, 1.54) is 295 Å². The summed E-state index contributed by atoms with van der Waals surface area (Å²) < 4.78 is 0. The van der Waals surface area contributed by atoms with Gasteiger partial charge >= 0.3 is 0 Å². The Morgan fingerprint density at radius 2 is 0.523 bits per heavy atom. The van der Waals surface area contributed by atoms with Crippen molar-refractivity contribution in [2.75, 3.05) is 6.61 Å². The summed E-state index contributed by atoms with van der Waals surface area (Å²) in [6, 6.07) is -0.804. The van der Waals surface area contributed by atoms with Crippen molar-refractivity contribution in [2.45, 2.75) is 372 Å². The van der Waals surface area contributed by atoms with Crippen molar-refractivity contribution in [3.8, 4) is 0 Å². The van der Waals surface area contributed by atoms with Crippen molar-refractivity contribution in [3.05, 3.63) is 0 Å². The van der Waals surface area contributed by atoms with Crippen LogP contribution in [0.5, 0.6) is 0 Å². The molecule has 0 aromatic rings. The first-order valence-corrected chi connectivity index (χ1v) is 30.3. The molecule has 0 aromatic heterocycles. The molecule has 0 fully saturated rings. The molecule has 0 aliphatic heterocycles. The van der Waals surface area contributed by atoms with Crippen molar-refractivity contribution in [1.29, 1.82) is 0 Å². The fourth-order valence-electron chi connectivity index (χ4n) is 10.1. The van der Waals surface area contributed by atoms with Gasteiger partial charge in [-0.1, -0.05) is 335 Å². The summed E-state index contributed by atoms with van der Waals surface area (Å²) in [6.07, 6.45) is 68.6. The molecule has 390 valence electrons. The molecule has 5 nitrogen and oxygen atoms in total. The van der Waals surface area contributed by atoms with Crippen molar-refractivity contribution >= 4 is 5.91 Å². The van der Waals surface area contributed by atoms with Gasteiger partial charge in [0.2, 0.25) is 5.91 Å². The number of aliphatic hydroxyl groups excluding tert-OH is 3. The fraction of sp³-hybridized carbons (Fsp3) is 0.983. The summed E-state index contributed by atoms with van der Waals surface area (Å²) in [5.74, 6) is -0.136. The summed E-state index contributed by atoms with van der Waals surface area (Å²) in [4.78, 5) is 12.5. The third-order valence-electron chi connectivity index (χ3n) is 14.7. The lowest BCUT2D eigenvalue weighted by Crippen LogP contribution is -2.50. The van der Waals surface area contributed by atoms with Crippen molar-refractivity contribution < 1.29 is 20.1 Å². The SMILES string of the molecule is CCCCCCCCCCCCCCCCCCCCCCCCCCCCCCCCCCCCCCC(=O)N[C@@H](CO)[C@H](O)[C@H](O)CCCCCCCCCCCCCCCCC. The second-order valence-corrected chi connectivity index (χ2v) is 21.3. The smallest absolute Gasteiger partial charge is 0.220 e. The molecule has 0 saturated heterocycles. The van der Waals surface area contributed by atoms with E-state index in [1.807, 2.05) is 0 Å². The van der Waals surface area contributed by atoms with Crippen LogP contribution in [0.2, 0.25) is 0 Å². The quantitative estimate of drug-likeness (QED) is 0.0458. The molecule has 4 N–H and O–H groups in total. The highest BCUT2D eigenvalue weighted by Crippen LogP contribution is 2.19. The average Bonchev–Trinajstić information content (AvgIpc) is 3.31. The van der Waals surface area contributed by atoms with Crippen LogP contribution in [0.4, 0.5) is 0 Å². The molecule has 1 amide bonds. The Kier molecular flexibility index (Phi) is 55.4. The standard InChI is InChI=1S/C60H121NO4/c1-3-5-7-9-11-13-15-17-19-20-21-22-23-24-25-26-27-28-29-30-31-32-33-34-35-36-37-38-39-41-43-45-47-49-51-53-55-59(64)61-57(56-62)60(65)58(63)54-52-50-48-46-44-42-40-18-16-14-12-10-8-6-4-2/h57-58,60,62-63,65H,3-56H2,1-2H3,(H,61,64)/t57-,58+,60-/m0/s1. The molecule has 0 rings (SSSR count). The van der Waals surface area contributed by atoms with Crippen LogP contribution in [0.1, 0.15) is 354 Å². The van der Waals surface area contributed by atoms with Crippen LogP contribution in [0.25, 0.3) is 0 Å². The van der Waals surface area contributed by atoms with Crippen LogP contribution >= 0.6 is 0 Å². The van der Waals surface area contributed by atoms with Crippen LogP contribution in [-0.4, -0.2) is 46.1 Å². The molecule has 5 heteroatoms. The summed E-state index contributed by atoms with van der Waals surface area (Å²) in [7, 11) is 0. The minimum Gasteiger partial charge on any atom is -0.394 e. The van der Waals surface area contributed by atoms with E-state index in [-0.39, 0.29) is 12.5 Å². The lowest BCUT2D eigenvalue weighted by molar-refractivity contribution is -0.124. The molecule has 0 spiro atoms. The van der Waals surface area contributed by atoms with Crippen molar-refractivity contribution in [1.82, 2.24) is 5.32 Å². The number of rotatable bonds is 57. The predicted octanol–water partition coefficient (Wildman–Crippen LogP) is 18.9. The number of unbranched alkanes of at least 4 members (excludes halogenated alkanes) is 49. The van der Waals surface area contributed by atoms with Gasteiger partial charge in [0.05, 0.1) is 18.8 Å². The van der Waals surface area contributed by atoms with E-state index in [0.29, 0.717) is 12.8 Å². The maximum absolute atomic E-state index is 12.5. The van der Waals surface area contributed by atoms with Gasteiger partial charge in [-0.2, -0.15) is 0 Å².